The first-order chi connectivity index (χ1) is 10.2. The SMILES string of the molecule is CCCNC1CCCCCC1Cc1ccc(OC)c(F)c1. The normalized spacial score (nSPS) is 22.8. The molecule has 0 aromatic heterocycles. The Hall–Kier alpha value is -1.09. The molecule has 0 radical (unpaired) electrons. The average Bonchev–Trinajstić information content (AvgIpc) is 2.71. The van der Waals surface area contributed by atoms with Gasteiger partial charge in [0.1, 0.15) is 0 Å². The minimum Gasteiger partial charge on any atom is -0.494 e. The number of rotatable bonds is 6. The third-order valence-electron chi connectivity index (χ3n) is 4.53. The average molecular weight is 293 g/mol. The highest BCUT2D eigenvalue weighted by atomic mass is 19.1. The van der Waals surface area contributed by atoms with E-state index >= 15 is 0 Å². The number of ether oxygens (including phenoxy) is 1. The summed E-state index contributed by atoms with van der Waals surface area (Å²) >= 11 is 0. The lowest BCUT2D eigenvalue weighted by Crippen LogP contribution is -2.37. The van der Waals surface area contributed by atoms with Gasteiger partial charge >= 0.3 is 0 Å². The molecule has 2 atom stereocenters. The van der Waals surface area contributed by atoms with Gasteiger partial charge in [0.05, 0.1) is 7.11 Å². The highest BCUT2D eigenvalue weighted by Gasteiger charge is 2.23. The minimum absolute atomic E-state index is 0.248. The van der Waals surface area contributed by atoms with E-state index in [0.717, 1.165) is 18.5 Å². The number of halogens is 1. The lowest BCUT2D eigenvalue weighted by atomic mass is 9.88. The van der Waals surface area contributed by atoms with Crippen LogP contribution in [0.15, 0.2) is 18.2 Å². The molecular formula is C18H28FNO. The van der Waals surface area contributed by atoms with Crippen molar-refractivity contribution in [1.82, 2.24) is 5.32 Å². The summed E-state index contributed by atoms with van der Waals surface area (Å²) in [6, 6.07) is 5.97. The van der Waals surface area contributed by atoms with E-state index in [2.05, 4.69) is 12.2 Å². The van der Waals surface area contributed by atoms with Gasteiger partial charge in [-0.25, -0.2) is 4.39 Å². The second kappa shape index (κ2) is 8.38. The molecule has 0 saturated heterocycles. The molecular weight excluding hydrogens is 265 g/mol. The third-order valence-corrected chi connectivity index (χ3v) is 4.53. The van der Waals surface area contributed by atoms with Crippen molar-refractivity contribution in [3.05, 3.63) is 29.6 Å². The van der Waals surface area contributed by atoms with Crippen LogP contribution in [-0.4, -0.2) is 19.7 Å². The summed E-state index contributed by atoms with van der Waals surface area (Å²) in [5.74, 6) is 0.703. The maximum Gasteiger partial charge on any atom is 0.165 e. The zero-order valence-corrected chi connectivity index (χ0v) is 13.3. The predicted octanol–water partition coefficient (Wildman–Crippen LogP) is 4.33. The summed E-state index contributed by atoms with van der Waals surface area (Å²) < 4.78 is 18.8. The highest BCUT2D eigenvalue weighted by Crippen LogP contribution is 2.28. The molecule has 2 rings (SSSR count). The fourth-order valence-corrected chi connectivity index (χ4v) is 3.37. The molecule has 0 spiro atoms. The molecule has 21 heavy (non-hydrogen) atoms. The molecule has 118 valence electrons. The summed E-state index contributed by atoms with van der Waals surface area (Å²) in [5, 5.41) is 3.70. The van der Waals surface area contributed by atoms with E-state index < -0.39 is 0 Å². The van der Waals surface area contributed by atoms with Gasteiger partial charge in [-0.15, -0.1) is 0 Å². The van der Waals surface area contributed by atoms with Gasteiger partial charge in [-0.3, -0.25) is 0 Å². The zero-order chi connectivity index (χ0) is 15.1. The van der Waals surface area contributed by atoms with Crippen molar-refractivity contribution < 1.29 is 9.13 Å². The molecule has 0 aliphatic heterocycles. The van der Waals surface area contributed by atoms with Crippen LogP contribution in [0.1, 0.15) is 51.0 Å². The maximum absolute atomic E-state index is 13.8. The van der Waals surface area contributed by atoms with E-state index in [-0.39, 0.29) is 5.82 Å². The Morgan fingerprint density at radius 2 is 2.05 bits per heavy atom. The summed E-state index contributed by atoms with van der Waals surface area (Å²) in [5.41, 5.74) is 1.09. The molecule has 2 unspecified atom stereocenters. The summed E-state index contributed by atoms with van der Waals surface area (Å²) in [6.45, 7) is 3.29. The molecule has 1 aliphatic rings. The van der Waals surface area contributed by atoms with Gasteiger partial charge in [0.25, 0.3) is 0 Å². The second-order valence-electron chi connectivity index (χ2n) is 6.13. The van der Waals surface area contributed by atoms with Gasteiger partial charge in [-0.2, -0.15) is 0 Å². The minimum atomic E-state index is -0.248. The van der Waals surface area contributed by atoms with Crippen LogP contribution in [0, 0.1) is 11.7 Å². The predicted molar refractivity (Wildman–Crippen MR) is 85.3 cm³/mol. The monoisotopic (exact) mass is 293 g/mol. The molecule has 2 nitrogen and oxygen atoms in total. The molecule has 1 fully saturated rings. The largest absolute Gasteiger partial charge is 0.494 e. The van der Waals surface area contributed by atoms with E-state index in [1.807, 2.05) is 6.07 Å². The van der Waals surface area contributed by atoms with E-state index in [1.165, 1.54) is 45.6 Å². The lowest BCUT2D eigenvalue weighted by Gasteiger charge is -2.26. The molecule has 0 heterocycles. The topological polar surface area (TPSA) is 21.3 Å². The van der Waals surface area contributed by atoms with E-state index in [1.54, 1.807) is 12.1 Å². The molecule has 0 bridgehead atoms. The molecule has 1 aliphatic carbocycles. The number of methoxy groups -OCH3 is 1. The van der Waals surface area contributed by atoms with Crippen LogP contribution in [0.5, 0.6) is 5.75 Å². The Labute approximate surface area is 128 Å². The summed E-state index contributed by atoms with van der Waals surface area (Å²) in [4.78, 5) is 0. The molecule has 0 amide bonds. The Morgan fingerprint density at radius 1 is 1.24 bits per heavy atom. The standard InChI is InChI=1S/C18H28FNO/c1-3-11-20-17-8-6-4-5-7-15(17)12-14-9-10-18(21-2)16(19)13-14/h9-10,13,15,17,20H,3-8,11-12H2,1-2H3. The van der Waals surface area contributed by atoms with Crippen molar-refractivity contribution >= 4 is 0 Å². The quantitative estimate of drug-likeness (QED) is 0.788. The third kappa shape index (κ3) is 4.70. The second-order valence-corrected chi connectivity index (χ2v) is 6.13. The zero-order valence-electron chi connectivity index (χ0n) is 13.3. The van der Waals surface area contributed by atoms with Crippen molar-refractivity contribution in [3.63, 3.8) is 0 Å². The number of benzene rings is 1. The van der Waals surface area contributed by atoms with Gasteiger partial charge in [0, 0.05) is 6.04 Å². The number of nitrogens with one attached hydrogen (secondary N) is 1. The highest BCUT2D eigenvalue weighted by molar-refractivity contribution is 5.29. The van der Waals surface area contributed by atoms with E-state index in [0.29, 0.717) is 17.7 Å². The summed E-state index contributed by atoms with van der Waals surface area (Å²) in [6.07, 6.45) is 8.57. The first-order valence-corrected chi connectivity index (χ1v) is 8.30. The number of hydrogen-bond acceptors (Lipinski definition) is 2. The van der Waals surface area contributed by atoms with Crippen molar-refractivity contribution in [2.45, 2.75) is 57.9 Å². The van der Waals surface area contributed by atoms with Crippen LogP contribution in [-0.2, 0) is 6.42 Å². The Balaban J connectivity index is 2.04. The Kier molecular flexibility index (Phi) is 6.50. The van der Waals surface area contributed by atoms with Crippen LogP contribution in [0.4, 0.5) is 4.39 Å². The fraction of sp³-hybridized carbons (Fsp3) is 0.667. The molecule has 1 aromatic carbocycles. The first kappa shape index (κ1) is 16.3. The van der Waals surface area contributed by atoms with E-state index in [4.69, 9.17) is 4.74 Å². The van der Waals surface area contributed by atoms with Crippen molar-refractivity contribution in [2.24, 2.45) is 5.92 Å². The first-order valence-electron chi connectivity index (χ1n) is 8.30. The number of hydrogen-bond donors (Lipinski definition) is 1. The van der Waals surface area contributed by atoms with Crippen molar-refractivity contribution in [2.75, 3.05) is 13.7 Å². The van der Waals surface area contributed by atoms with Crippen LogP contribution in [0.3, 0.4) is 0 Å². The smallest absolute Gasteiger partial charge is 0.165 e. The maximum atomic E-state index is 13.8. The Bertz CT molecular complexity index is 435. The van der Waals surface area contributed by atoms with Gasteiger partial charge in [-0.05, 0) is 55.8 Å². The summed E-state index contributed by atoms with van der Waals surface area (Å²) in [7, 11) is 1.51. The Morgan fingerprint density at radius 3 is 2.76 bits per heavy atom. The van der Waals surface area contributed by atoms with Crippen LogP contribution in [0.25, 0.3) is 0 Å². The van der Waals surface area contributed by atoms with Crippen LogP contribution in [0.2, 0.25) is 0 Å². The van der Waals surface area contributed by atoms with Gasteiger partial charge < -0.3 is 10.1 Å². The van der Waals surface area contributed by atoms with Crippen LogP contribution < -0.4 is 10.1 Å². The molecule has 1 saturated carbocycles. The molecule has 1 aromatic rings. The van der Waals surface area contributed by atoms with Crippen molar-refractivity contribution in [1.29, 1.82) is 0 Å². The van der Waals surface area contributed by atoms with Gasteiger partial charge in [0.2, 0.25) is 0 Å². The lowest BCUT2D eigenvalue weighted by molar-refractivity contribution is 0.332. The fourth-order valence-electron chi connectivity index (χ4n) is 3.37. The van der Waals surface area contributed by atoms with Gasteiger partial charge in [-0.1, -0.05) is 32.3 Å². The molecule has 1 N–H and O–H groups in total. The van der Waals surface area contributed by atoms with Crippen molar-refractivity contribution in [3.8, 4) is 5.75 Å². The van der Waals surface area contributed by atoms with E-state index in [9.17, 15) is 4.39 Å². The van der Waals surface area contributed by atoms with Gasteiger partial charge in [0.15, 0.2) is 11.6 Å². The molecule has 3 heteroatoms. The van der Waals surface area contributed by atoms with Crippen LogP contribution >= 0.6 is 0 Å².